The van der Waals surface area contributed by atoms with Gasteiger partial charge in [-0.25, -0.2) is 29.1 Å². The first-order valence-corrected chi connectivity index (χ1v) is 11.7. The smallest absolute Gasteiger partial charge is 0.324 e. The van der Waals surface area contributed by atoms with E-state index in [1.807, 2.05) is 0 Å². The fraction of sp³-hybridized carbons (Fsp3) is 0.208. The van der Waals surface area contributed by atoms with Crippen LogP contribution in [0.4, 0.5) is 18.9 Å². The molecule has 0 unspecified atom stereocenters. The number of hydrogen-bond donors (Lipinski definition) is 1. The first-order valence-electron chi connectivity index (χ1n) is 11.4. The average Bonchev–Trinajstić information content (AvgIpc) is 3.60. The summed E-state index contributed by atoms with van der Waals surface area (Å²) in [5, 5.41) is 11.0. The van der Waals surface area contributed by atoms with E-state index in [4.69, 9.17) is 11.6 Å². The van der Waals surface area contributed by atoms with Gasteiger partial charge in [0.05, 0.1) is 39.6 Å². The highest BCUT2D eigenvalue weighted by molar-refractivity contribution is 6.33. The second kappa shape index (κ2) is 8.87. The number of anilines is 1. The van der Waals surface area contributed by atoms with E-state index in [0.717, 1.165) is 12.3 Å². The van der Waals surface area contributed by atoms with E-state index in [0.29, 0.717) is 33.1 Å². The molecule has 2 atom stereocenters. The largest absolute Gasteiger partial charge is 0.333 e. The van der Waals surface area contributed by atoms with Gasteiger partial charge in [0.25, 0.3) is 0 Å². The summed E-state index contributed by atoms with van der Waals surface area (Å²) in [6.45, 7) is -1.09. The Kier molecular flexibility index (Phi) is 5.60. The van der Waals surface area contributed by atoms with Gasteiger partial charge in [0.1, 0.15) is 5.69 Å². The Bertz CT molecular complexity index is 1690. The minimum atomic E-state index is -2.84. The van der Waals surface area contributed by atoms with Crippen LogP contribution < -0.4 is 5.32 Å². The van der Waals surface area contributed by atoms with Crippen molar-refractivity contribution >= 4 is 28.8 Å². The van der Waals surface area contributed by atoms with Crippen LogP contribution in [0.3, 0.4) is 0 Å². The van der Waals surface area contributed by atoms with Crippen LogP contribution in [-0.2, 0) is 10.2 Å². The molecule has 5 heterocycles. The van der Waals surface area contributed by atoms with Crippen LogP contribution in [0.15, 0.2) is 55.2 Å². The van der Waals surface area contributed by atoms with Crippen LogP contribution in [-0.4, -0.2) is 45.2 Å². The highest BCUT2D eigenvalue weighted by atomic mass is 35.5. The Hall–Kier alpha value is -4.39. The predicted octanol–water partition coefficient (Wildman–Crippen LogP) is 4.40. The molecule has 192 valence electrons. The molecule has 0 fully saturated rings. The molecule has 1 amide bonds. The summed E-state index contributed by atoms with van der Waals surface area (Å²) < 4.78 is 42.5. The van der Waals surface area contributed by atoms with E-state index in [-0.39, 0.29) is 22.8 Å². The average molecular weight is 540 g/mol. The minimum absolute atomic E-state index is 0.147. The van der Waals surface area contributed by atoms with Gasteiger partial charge in [-0.15, -0.1) is 5.10 Å². The van der Waals surface area contributed by atoms with Crippen molar-refractivity contribution in [2.75, 3.05) is 5.32 Å². The van der Waals surface area contributed by atoms with Crippen molar-refractivity contribution in [2.24, 2.45) is 0 Å². The zero-order valence-corrected chi connectivity index (χ0v) is 20.3. The Labute approximate surface area is 217 Å². The van der Waals surface area contributed by atoms with Gasteiger partial charge < -0.3 is 5.32 Å². The van der Waals surface area contributed by atoms with Crippen molar-refractivity contribution in [1.29, 1.82) is 0 Å². The maximum Gasteiger partial charge on any atom is 0.333 e. The fourth-order valence-corrected chi connectivity index (χ4v) is 5.11. The normalized spacial score (nSPS) is 18.7. The lowest BCUT2D eigenvalue weighted by molar-refractivity contribution is -0.117. The number of hydrogen-bond acceptors (Lipinski definition) is 7. The minimum Gasteiger partial charge on any atom is -0.324 e. The maximum absolute atomic E-state index is 14.1. The van der Waals surface area contributed by atoms with Gasteiger partial charge in [0.2, 0.25) is 11.9 Å². The van der Waals surface area contributed by atoms with Crippen molar-refractivity contribution < 1.29 is 18.0 Å². The first-order chi connectivity index (χ1) is 18.2. The molecule has 0 saturated heterocycles. The molecule has 6 rings (SSSR count). The Morgan fingerprint density at radius 1 is 1.16 bits per heavy atom. The fourth-order valence-electron chi connectivity index (χ4n) is 4.86. The van der Waals surface area contributed by atoms with Gasteiger partial charge in [0, 0.05) is 36.4 Å². The number of halogens is 4. The van der Waals surface area contributed by atoms with Crippen molar-refractivity contribution in [3.8, 4) is 11.5 Å². The molecule has 0 aliphatic heterocycles. The van der Waals surface area contributed by atoms with Crippen LogP contribution in [0.25, 0.3) is 17.2 Å². The van der Waals surface area contributed by atoms with Gasteiger partial charge in [0.15, 0.2) is 11.5 Å². The maximum atomic E-state index is 14.1. The number of nitrogens with zero attached hydrogens (tertiary/aromatic N) is 8. The van der Waals surface area contributed by atoms with Gasteiger partial charge in [-0.2, -0.15) is 18.3 Å². The molecule has 0 saturated carbocycles. The lowest BCUT2D eigenvalue weighted by Crippen LogP contribution is -2.26. The summed E-state index contributed by atoms with van der Waals surface area (Å²) in [6.07, 6.45) is 7.34. The number of fused-ring (bicyclic) bond motifs is 3. The van der Waals surface area contributed by atoms with Crippen molar-refractivity contribution in [3.63, 3.8) is 0 Å². The molecule has 5 aromatic rings. The van der Waals surface area contributed by atoms with Crippen molar-refractivity contribution in [1.82, 2.24) is 39.3 Å². The number of carbonyl (C=O) groups excluding carboxylic acids is 1. The topological polar surface area (TPSA) is 116 Å². The van der Waals surface area contributed by atoms with Gasteiger partial charge in [-0.1, -0.05) is 11.6 Å². The quantitative estimate of drug-likeness (QED) is 0.352. The third-order valence-corrected chi connectivity index (χ3v) is 6.86. The Balaban J connectivity index is 1.37. The van der Waals surface area contributed by atoms with Gasteiger partial charge in [-0.05, 0) is 31.5 Å². The van der Waals surface area contributed by atoms with E-state index < -0.39 is 29.7 Å². The number of nitrogens with one attached hydrogen (secondary N) is 1. The molecule has 0 spiro atoms. The second-order valence-electron chi connectivity index (χ2n) is 8.96. The first kappa shape index (κ1) is 24.0. The van der Waals surface area contributed by atoms with E-state index in [2.05, 4.69) is 35.5 Å². The second-order valence-corrected chi connectivity index (χ2v) is 9.37. The van der Waals surface area contributed by atoms with Crippen LogP contribution in [0.2, 0.25) is 5.02 Å². The van der Waals surface area contributed by atoms with Crippen LogP contribution in [0, 0.1) is 5.95 Å². The number of pyridine rings is 1. The summed E-state index contributed by atoms with van der Waals surface area (Å²) in [6, 6.07) is 5.80. The summed E-state index contributed by atoms with van der Waals surface area (Å²) in [4.78, 5) is 30.3. The molecule has 5 aromatic heterocycles. The molecule has 1 N–H and O–H groups in total. The van der Waals surface area contributed by atoms with E-state index >= 15 is 0 Å². The molecule has 14 heteroatoms. The summed E-state index contributed by atoms with van der Waals surface area (Å²) in [5.74, 6) is -1.63. The summed E-state index contributed by atoms with van der Waals surface area (Å²) in [5.41, 5.74) is 1.05. The molecule has 1 aliphatic carbocycles. The standard InChI is InChI=1S/C24H17ClF3N9O/c1-24(16-3-6-36(34-16)23(27)28)9-13(14-11-31-18-8-17(26)35-37(18)20(14)24)22(38)33-12-7-15(25)19(32-10-12)21-29-4-2-5-30-21/h2-8,10-11,13,23H,9H2,1H3,(H,33,38)/t13-,24-/m0/s1. The molecule has 10 nitrogen and oxygen atoms in total. The van der Waals surface area contributed by atoms with E-state index in [1.54, 1.807) is 25.4 Å². The molecule has 1 aliphatic rings. The molecule has 0 radical (unpaired) electrons. The van der Waals surface area contributed by atoms with Crippen molar-refractivity contribution in [2.45, 2.75) is 31.2 Å². The molecular formula is C24H17ClF3N9O. The summed E-state index contributed by atoms with van der Waals surface area (Å²) in [7, 11) is 0. The number of rotatable bonds is 5. The third kappa shape index (κ3) is 3.86. The number of alkyl halides is 2. The third-order valence-electron chi connectivity index (χ3n) is 6.57. The monoisotopic (exact) mass is 539 g/mol. The van der Waals surface area contributed by atoms with E-state index in [9.17, 15) is 18.0 Å². The lowest BCUT2D eigenvalue weighted by atomic mass is 9.82. The number of aromatic nitrogens is 8. The summed E-state index contributed by atoms with van der Waals surface area (Å²) >= 11 is 6.39. The van der Waals surface area contributed by atoms with E-state index in [1.165, 1.54) is 29.0 Å². The van der Waals surface area contributed by atoms with Crippen molar-refractivity contribution in [3.05, 3.63) is 83.2 Å². The molecule has 0 aromatic carbocycles. The molecule has 0 bridgehead atoms. The molecule has 38 heavy (non-hydrogen) atoms. The highest BCUT2D eigenvalue weighted by Crippen LogP contribution is 2.49. The van der Waals surface area contributed by atoms with Crippen LogP contribution >= 0.6 is 11.6 Å². The zero-order chi connectivity index (χ0) is 26.6. The number of amides is 1. The van der Waals surface area contributed by atoms with Gasteiger partial charge in [-0.3, -0.25) is 4.79 Å². The molecular weight excluding hydrogens is 523 g/mol. The van der Waals surface area contributed by atoms with Gasteiger partial charge >= 0.3 is 6.55 Å². The van der Waals surface area contributed by atoms with Crippen LogP contribution in [0.5, 0.6) is 0 Å². The highest BCUT2D eigenvalue weighted by Gasteiger charge is 2.48. The predicted molar refractivity (Wildman–Crippen MR) is 129 cm³/mol. The number of carbonyl (C=O) groups is 1. The Morgan fingerprint density at radius 2 is 1.95 bits per heavy atom. The Morgan fingerprint density at radius 3 is 2.66 bits per heavy atom. The van der Waals surface area contributed by atoms with Crippen LogP contribution in [0.1, 0.15) is 42.8 Å². The lowest BCUT2D eigenvalue weighted by Gasteiger charge is -2.23. The SMILES string of the molecule is C[C@@]1(c2ccn(C(F)F)n2)C[C@H](C(=O)Nc2cnc(-c3ncccn3)c(Cl)c2)c2cnc3cc(F)nn3c21. The zero-order valence-electron chi connectivity index (χ0n) is 19.6.